The van der Waals surface area contributed by atoms with E-state index in [4.69, 9.17) is 56.4 Å². The first kappa shape index (κ1) is 112. The van der Waals surface area contributed by atoms with Gasteiger partial charge in [-0.1, -0.05) is 160 Å². The number of nitrogen functional groups attached to an aromatic ring is 1. The Morgan fingerprint density at radius 2 is 0.831 bits per heavy atom. The highest BCUT2D eigenvalue weighted by Gasteiger charge is 2.47. The van der Waals surface area contributed by atoms with Gasteiger partial charge in [-0.2, -0.15) is 0 Å². The number of esters is 2. The van der Waals surface area contributed by atoms with E-state index in [0.717, 1.165) is 86.8 Å². The van der Waals surface area contributed by atoms with E-state index < -0.39 is 35.5 Å². The summed E-state index contributed by atoms with van der Waals surface area (Å²) < 4.78 is 32.2. The first-order valence-electron chi connectivity index (χ1n) is 45.8. The molecule has 1 saturated heterocycles. The smallest absolute Gasteiger partial charge is 0.337 e. The molecule has 748 valence electrons. The summed E-state index contributed by atoms with van der Waals surface area (Å²) in [5.74, 6) is -2.68. The molecule has 2 aliphatic rings. The maximum Gasteiger partial charge on any atom is 0.337 e. The Hall–Kier alpha value is -16.9. The number of nitrogens with two attached hydrogens (primary N) is 1. The predicted molar refractivity (Wildman–Crippen MR) is 530 cm³/mol. The molecular formula is C100H119N23O19. The molecule has 42 heteroatoms. The van der Waals surface area contributed by atoms with E-state index in [0.29, 0.717) is 118 Å². The van der Waals surface area contributed by atoms with Crippen LogP contribution in [0.3, 0.4) is 0 Å². The second-order valence-corrected chi connectivity index (χ2v) is 31.5. The molecule has 0 saturated carbocycles. The van der Waals surface area contributed by atoms with Crippen LogP contribution < -0.4 is 62.2 Å². The lowest BCUT2D eigenvalue weighted by molar-refractivity contribution is -0.137. The Balaban J connectivity index is 0.000000239. The van der Waals surface area contributed by atoms with Crippen LogP contribution in [0.15, 0.2) is 240 Å². The van der Waals surface area contributed by atoms with Gasteiger partial charge in [-0.3, -0.25) is 44.5 Å². The minimum atomic E-state index is -0.967. The van der Waals surface area contributed by atoms with Gasteiger partial charge in [0.05, 0.1) is 49.1 Å². The van der Waals surface area contributed by atoms with Gasteiger partial charge in [-0.25, -0.2) is 39.6 Å². The van der Waals surface area contributed by atoms with Crippen molar-refractivity contribution >= 4 is 88.0 Å². The first-order chi connectivity index (χ1) is 68.8. The van der Waals surface area contributed by atoms with Crippen LogP contribution in [-0.2, 0) is 58.4 Å². The number of urea groups is 3. The summed E-state index contributed by atoms with van der Waals surface area (Å²) in [5, 5.41) is 49.6. The molecule has 0 spiro atoms. The number of anilines is 4. The second kappa shape index (κ2) is 62.8. The number of fused-ring (bicyclic) bond motifs is 1. The Labute approximate surface area is 821 Å². The van der Waals surface area contributed by atoms with E-state index in [1.165, 1.54) is 32.6 Å². The number of unbranched alkanes of at least 4 members (excludes halogenated alkanes) is 4. The highest BCUT2D eigenvalue weighted by Crippen LogP contribution is 2.35. The highest BCUT2D eigenvalue weighted by molar-refractivity contribution is 6.28. The summed E-state index contributed by atoms with van der Waals surface area (Å²) >= 11 is 0. The zero-order valence-corrected chi connectivity index (χ0v) is 80.1. The van der Waals surface area contributed by atoms with Crippen LogP contribution in [0.1, 0.15) is 195 Å². The molecule has 12 rings (SSSR count). The molecule has 1 aliphatic carbocycles. The van der Waals surface area contributed by atoms with Crippen LogP contribution in [0.5, 0.6) is 23.0 Å². The number of piperidine rings is 1. The summed E-state index contributed by atoms with van der Waals surface area (Å²) in [6, 6.07) is 61.4. The molecule has 1 atom stereocenters. The molecule has 0 bridgehead atoms. The number of nitrogens with zero attached hydrogens (tertiary/aromatic N) is 15. The SMILES string of the molecule is CCCCN(Cc1ccc(C(=O)NO)cc1)C(=O)Nc1ccc(OCN=[N+]=[N-])cc1.CCCCN(Cc1ccc(C(=O)NO)cc1)C(=O)Nc1ccc(OCn2cc(CCC)nn2)cc1.CCCCN(Cc1ccc(C(=O)OC)cc1)C(=O)Nc1ccc(OCN=[N+]=[N-])cc1.CCCCNCc1ccc(C(=O)OC)cc1.O=C1CCC(C2C(=O)c3ccccc3C2=O)C(=O)N1.[N-]=[N+]=NCOc1ccc(N)cc1. The molecule has 1 aromatic heterocycles. The molecule has 0 radical (unpaired) electrons. The monoisotopic (exact) mass is 1950 g/mol. The van der Waals surface area contributed by atoms with Crippen molar-refractivity contribution in [2.24, 2.45) is 27.2 Å². The van der Waals surface area contributed by atoms with Crippen molar-refractivity contribution in [3.05, 3.63) is 317 Å². The van der Waals surface area contributed by atoms with Crippen LogP contribution in [0.25, 0.3) is 31.3 Å². The zero-order chi connectivity index (χ0) is 103. The predicted octanol–water partition coefficient (Wildman–Crippen LogP) is 18.5. The average Bonchev–Trinajstić information content (AvgIpc) is 1.61. The van der Waals surface area contributed by atoms with Crippen LogP contribution in [0.4, 0.5) is 37.1 Å². The maximum atomic E-state index is 13.0. The van der Waals surface area contributed by atoms with Gasteiger partial charge >= 0.3 is 30.0 Å². The van der Waals surface area contributed by atoms with Crippen LogP contribution in [0.2, 0.25) is 0 Å². The van der Waals surface area contributed by atoms with Crippen molar-refractivity contribution < 1.29 is 91.6 Å². The van der Waals surface area contributed by atoms with E-state index in [1.807, 2.05) is 37.4 Å². The third kappa shape index (κ3) is 38.9. The largest absolute Gasteiger partial charge is 0.488 e. The van der Waals surface area contributed by atoms with Crippen LogP contribution >= 0.6 is 0 Å². The van der Waals surface area contributed by atoms with Gasteiger partial charge in [0.25, 0.3) is 11.8 Å². The molecule has 10 amide bonds. The van der Waals surface area contributed by atoms with E-state index in [1.54, 1.807) is 224 Å². The molecule has 142 heavy (non-hydrogen) atoms. The number of aryl methyl sites for hydroxylation is 1. The number of rotatable bonds is 42. The quantitative estimate of drug-likeness (QED) is 0.00162. The minimum Gasteiger partial charge on any atom is -0.488 e. The fourth-order valence-corrected chi connectivity index (χ4v) is 13.5. The molecule has 2 heterocycles. The average molecular weight is 1950 g/mol. The van der Waals surface area contributed by atoms with Gasteiger partial charge in [0.15, 0.2) is 38.5 Å². The van der Waals surface area contributed by atoms with E-state index in [2.05, 4.69) is 99.4 Å². The van der Waals surface area contributed by atoms with E-state index >= 15 is 0 Å². The van der Waals surface area contributed by atoms with Crippen molar-refractivity contribution in [3.8, 4) is 23.0 Å². The van der Waals surface area contributed by atoms with Crippen molar-refractivity contribution in [3.63, 3.8) is 0 Å². The summed E-state index contributed by atoms with van der Waals surface area (Å²) in [5.41, 5.74) is 42.9. The number of nitrogens with one attached hydrogen (secondary N) is 7. The Bertz CT molecular complexity index is 5660. The molecular weight excluding hydrogens is 1830 g/mol. The maximum absolute atomic E-state index is 13.0. The van der Waals surface area contributed by atoms with Crippen molar-refractivity contribution in [2.75, 3.05) is 82.3 Å². The lowest BCUT2D eigenvalue weighted by atomic mass is 9.82. The fourth-order valence-electron chi connectivity index (χ4n) is 13.5. The molecule has 11 N–H and O–H groups in total. The number of carbonyl (C=O) groups is 11. The number of benzene rings is 9. The van der Waals surface area contributed by atoms with Gasteiger partial charge in [-0.05, 0) is 230 Å². The summed E-state index contributed by atoms with van der Waals surface area (Å²) in [4.78, 5) is 145. The van der Waals surface area contributed by atoms with Gasteiger partial charge in [0, 0.05) is 112 Å². The van der Waals surface area contributed by atoms with Crippen LogP contribution in [-0.4, -0.2) is 166 Å². The highest BCUT2D eigenvalue weighted by atomic mass is 16.5. The van der Waals surface area contributed by atoms with Crippen LogP contribution in [0, 0.1) is 11.8 Å². The number of amides is 10. The number of ether oxygens (including phenoxy) is 6. The third-order valence-electron chi connectivity index (χ3n) is 21.2. The zero-order valence-electron chi connectivity index (χ0n) is 80.1. The number of ketones is 2. The second-order valence-electron chi connectivity index (χ2n) is 31.5. The van der Waals surface area contributed by atoms with Gasteiger partial charge < -0.3 is 70.1 Å². The number of hydrogen-bond donors (Lipinski definition) is 10. The number of hydrogen-bond acceptors (Lipinski definition) is 26. The standard InChI is InChI=1S/C25H32N6O4.C21H25N5O4.C20H24N6O4.C14H11NO4.C13H19NO2.C7H8N4O/c1-3-5-15-30(16-19-7-9-20(10-8-19)24(32)28-34)25(33)26-21-11-13-23(14-12-21)35-18-31-17-22(6-4-2)27-29-31;1-3-4-13-26(14-16-5-7-17(8-6-16)20(27)29-2)21(28)24-18-9-11-19(12-10-18)30-15-23-25-22;1-2-3-12-26(13-15-4-6-16(7-5-15)19(27)24-29)20(28)23-17-8-10-18(11-9-17)30-14-22-25-21;16-10-6-5-9(14(19)15-10)11-12(17)7-3-1-2-4-8(7)13(11)18;1-3-4-9-14-10-11-5-7-12(8-6-11)13(15)16-2;8-6-1-3-7(4-2-6)12-5-10-11-9/h7-14,17,34H,3-6,15-16,18H2,1-2H3,(H,26,33)(H,28,32);5-12H,3-4,13-15H2,1-2H3,(H,24,28);4-11,29H,2-3,12-14H2,1H3,(H,23,28)(H,24,27);1-4,9,11H,5-6H2,(H,15,16,19);5-8,14H,3-4,9-10H2,1-2H3;1-4H,5,8H2. The van der Waals surface area contributed by atoms with Crippen molar-refractivity contribution in [1.82, 2.24) is 51.3 Å². The Kier molecular flexibility index (Phi) is 49.5. The third-order valence-corrected chi connectivity index (χ3v) is 21.2. The number of methoxy groups -OCH3 is 2. The number of imide groups is 1. The summed E-state index contributed by atoms with van der Waals surface area (Å²) in [6.45, 7) is 15.4. The Morgan fingerprint density at radius 1 is 0.472 bits per heavy atom. The van der Waals surface area contributed by atoms with E-state index in [-0.39, 0.29) is 81.3 Å². The summed E-state index contributed by atoms with van der Waals surface area (Å²) in [6.07, 6.45) is 12.0. The fraction of sp³-hybridized carbons (Fsp3) is 0.330. The molecule has 10 aromatic rings. The topological polar surface area (TPSA) is 581 Å². The van der Waals surface area contributed by atoms with Gasteiger partial charge in [-0.15, -0.1) is 5.10 Å². The lowest BCUT2D eigenvalue weighted by Crippen LogP contribution is -2.46. The minimum absolute atomic E-state index is 0.000415. The van der Waals surface area contributed by atoms with E-state index in [9.17, 15) is 52.7 Å². The molecule has 9 aromatic carbocycles. The molecule has 1 unspecified atom stereocenters. The van der Waals surface area contributed by atoms with Gasteiger partial charge in [0.1, 0.15) is 23.0 Å². The van der Waals surface area contributed by atoms with Gasteiger partial charge in [0.2, 0.25) is 11.8 Å². The number of aromatic nitrogens is 3. The van der Waals surface area contributed by atoms with Crippen molar-refractivity contribution in [1.29, 1.82) is 0 Å². The number of azide groups is 3. The number of Topliss-reactive ketones (excluding diaryl/α,β-unsaturated/α-hetero) is 2. The number of carbonyl (C=O) groups excluding carboxylic acids is 11. The Morgan fingerprint density at radius 3 is 1.18 bits per heavy atom. The normalized spacial score (nSPS) is 11.8. The molecule has 1 aliphatic heterocycles. The molecule has 1 fully saturated rings. The first-order valence-corrected chi connectivity index (χ1v) is 45.8. The molecule has 42 nitrogen and oxygen atoms in total. The lowest BCUT2D eigenvalue weighted by Gasteiger charge is -2.23. The number of hydroxylamine groups is 2. The summed E-state index contributed by atoms with van der Waals surface area (Å²) in [7, 11) is 2.73. The van der Waals surface area contributed by atoms with Crippen molar-refractivity contribution in [2.45, 2.75) is 145 Å².